The van der Waals surface area contributed by atoms with Crippen molar-refractivity contribution >= 4 is 32.3 Å². The normalized spacial score (nSPS) is 8.35. The molecule has 3 aromatic rings. The van der Waals surface area contributed by atoms with Crippen LogP contribution in [0.25, 0.3) is 11.1 Å². The Bertz CT molecular complexity index is 957. The van der Waals surface area contributed by atoms with Gasteiger partial charge in [0.25, 0.3) is 0 Å². The van der Waals surface area contributed by atoms with Gasteiger partial charge < -0.3 is 0 Å². The van der Waals surface area contributed by atoms with E-state index in [1.807, 2.05) is 77.9 Å². The van der Waals surface area contributed by atoms with E-state index in [9.17, 15) is 0 Å². The summed E-state index contributed by atoms with van der Waals surface area (Å²) >= 11 is 4.62. The van der Waals surface area contributed by atoms with Crippen LogP contribution in [-0.4, -0.2) is 5.16 Å². The number of hydrogen-bond donors (Lipinski definition) is 0. The molecule has 3 aromatic carbocycles. The van der Waals surface area contributed by atoms with Crippen molar-refractivity contribution in [1.29, 1.82) is 0 Å². The Hall–Kier alpha value is -2.55. The fraction of sp³-hybridized carbons (Fsp3) is 0.250. The van der Waals surface area contributed by atoms with Gasteiger partial charge in [-0.25, -0.2) is 0 Å². The third-order valence-electron chi connectivity index (χ3n) is 3.80. The summed E-state index contributed by atoms with van der Waals surface area (Å²) in [4.78, 5) is 3.96. The van der Waals surface area contributed by atoms with E-state index in [1.54, 1.807) is 0 Å². The summed E-state index contributed by atoms with van der Waals surface area (Å²) in [5.74, 6) is 6.42. The van der Waals surface area contributed by atoms with Gasteiger partial charge in [-0.15, -0.1) is 9.24 Å². The van der Waals surface area contributed by atoms with E-state index < -0.39 is 0 Å². The molecule has 31 heavy (non-hydrogen) atoms. The second kappa shape index (κ2) is 18.2. The van der Waals surface area contributed by atoms with Crippen LogP contribution in [0.1, 0.15) is 58.2 Å². The van der Waals surface area contributed by atoms with Crippen LogP contribution in [0.15, 0.2) is 77.8 Å². The first kappa shape index (κ1) is 28.5. The Balaban J connectivity index is 0.00000138. The summed E-state index contributed by atoms with van der Waals surface area (Å²) in [6, 6.07) is 24.5. The maximum Gasteiger partial charge on any atom is 0.0739 e. The summed E-state index contributed by atoms with van der Waals surface area (Å²) in [6.45, 7) is 12.0. The van der Waals surface area contributed by atoms with Crippen LogP contribution >= 0.6 is 21.5 Å². The average molecular weight is 448 g/mol. The van der Waals surface area contributed by atoms with E-state index in [1.165, 1.54) is 5.56 Å². The minimum absolute atomic E-state index is 0.814. The number of benzene rings is 3. The minimum atomic E-state index is 0.814. The Morgan fingerprint density at radius 3 is 1.42 bits per heavy atom. The molecule has 0 heterocycles. The van der Waals surface area contributed by atoms with E-state index in [2.05, 4.69) is 79.9 Å². The maximum absolute atomic E-state index is 4.62. The lowest BCUT2D eigenvalue weighted by atomic mass is 10.0. The molecule has 3 rings (SSSR count). The highest BCUT2D eigenvalue weighted by Crippen LogP contribution is 2.22. The molecular formula is C28H34NPS. The molecular weight excluding hydrogens is 413 g/mol. The monoisotopic (exact) mass is 447 g/mol. The van der Waals surface area contributed by atoms with Crippen LogP contribution in [0.5, 0.6) is 0 Å². The molecule has 0 saturated carbocycles. The second-order valence-corrected chi connectivity index (χ2v) is 6.07. The zero-order chi connectivity index (χ0) is 23.5. The van der Waals surface area contributed by atoms with Gasteiger partial charge >= 0.3 is 0 Å². The molecule has 1 atom stereocenters. The number of hydrogen-bond acceptors (Lipinski definition) is 2. The SMILES string of the molecule is CC.CC.CC.PCc1ccc(C#Cc2ccc(-c3ccc(N=C=S)cc3)cc2)cc1. The molecule has 0 aliphatic heterocycles. The Morgan fingerprint density at radius 2 is 1.03 bits per heavy atom. The molecule has 0 N–H and O–H groups in total. The first-order valence-corrected chi connectivity index (χ1v) is 12.1. The lowest BCUT2D eigenvalue weighted by Crippen LogP contribution is -1.80. The van der Waals surface area contributed by atoms with E-state index in [-0.39, 0.29) is 0 Å². The number of nitrogens with zero attached hydrogens (tertiary/aromatic N) is 1. The van der Waals surface area contributed by atoms with Crippen molar-refractivity contribution in [2.45, 2.75) is 47.7 Å². The molecule has 0 fully saturated rings. The molecule has 0 amide bonds. The highest BCUT2D eigenvalue weighted by Gasteiger charge is 1.98. The zero-order valence-electron chi connectivity index (χ0n) is 19.6. The molecule has 1 unspecified atom stereocenters. The van der Waals surface area contributed by atoms with Gasteiger partial charge in [0.2, 0.25) is 0 Å². The highest BCUT2D eigenvalue weighted by molar-refractivity contribution is 7.78. The first-order valence-electron chi connectivity index (χ1n) is 10.9. The van der Waals surface area contributed by atoms with Crippen LogP contribution in [0.3, 0.4) is 0 Å². The number of rotatable bonds is 3. The van der Waals surface area contributed by atoms with Crippen molar-refractivity contribution in [3.63, 3.8) is 0 Å². The molecule has 0 aliphatic carbocycles. The molecule has 0 aliphatic rings. The Morgan fingerprint density at radius 1 is 0.645 bits per heavy atom. The molecule has 0 bridgehead atoms. The number of aliphatic imine (C=N–C) groups is 1. The second-order valence-electron chi connectivity index (χ2n) is 5.48. The summed E-state index contributed by atoms with van der Waals surface area (Å²) in [5, 5.41) is 2.38. The summed E-state index contributed by atoms with van der Waals surface area (Å²) in [7, 11) is 2.73. The van der Waals surface area contributed by atoms with Crippen molar-refractivity contribution < 1.29 is 0 Å². The maximum atomic E-state index is 4.62. The van der Waals surface area contributed by atoms with Gasteiger partial charge in [-0.05, 0) is 71.5 Å². The molecule has 3 heteroatoms. The molecule has 0 aromatic heterocycles. The molecule has 0 spiro atoms. The van der Waals surface area contributed by atoms with E-state index in [0.717, 1.165) is 34.1 Å². The highest BCUT2D eigenvalue weighted by atomic mass is 32.1. The van der Waals surface area contributed by atoms with Crippen molar-refractivity contribution in [2.24, 2.45) is 4.99 Å². The van der Waals surface area contributed by atoms with Crippen LogP contribution in [-0.2, 0) is 6.16 Å². The predicted octanol–water partition coefficient (Wildman–Crippen LogP) is 8.94. The van der Waals surface area contributed by atoms with Gasteiger partial charge in [-0.2, -0.15) is 4.99 Å². The van der Waals surface area contributed by atoms with Crippen LogP contribution in [0, 0.1) is 11.8 Å². The van der Waals surface area contributed by atoms with Gasteiger partial charge in [0.1, 0.15) is 0 Å². The first-order chi connectivity index (χ1) is 15.3. The van der Waals surface area contributed by atoms with E-state index in [0.29, 0.717) is 0 Å². The Labute approximate surface area is 197 Å². The van der Waals surface area contributed by atoms with Crippen LogP contribution in [0.4, 0.5) is 5.69 Å². The van der Waals surface area contributed by atoms with Crippen LogP contribution < -0.4 is 0 Å². The van der Waals surface area contributed by atoms with Crippen molar-refractivity contribution in [1.82, 2.24) is 0 Å². The van der Waals surface area contributed by atoms with Crippen molar-refractivity contribution in [2.75, 3.05) is 0 Å². The molecule has 162 valence electrons. The number of thiocarbonyl (C=S) groups is 1. The molecule has 0 radical (unpaired) electrons. The third-order valence-corrected chi connectivity index (χ3v) is 4.36. The van der Waals surface area contributed by atoms with Gasteiger partial charge in [0.15, 0.2) is 0 Å². The zero-order valence-corrected chi connectivity index (χ0v) is 21.5. The Kier molecular flexibility index (Phi) is 16.7. The summed E-state index contributed by atoms with van der Waals surface area (Å²) in [6.07, 6.45) is 0.966. The fourth-order valence-electron chi connectivity index (χ4n) is 2.40. The summed E-state index contributed by atoms with van der Waals surface area (Å²) < 4.78 is 0. The van der Waals surface area contributed by atoms with Crippen molar-refractivity contribution in [3.8, 4) is 23.0 Å². The molecule has 0 saturated heterocycles. The van der Waals surface area contributed by atoms with Crippen LogP contribution in [0.2, 0.25) is 0 Å². The third kappa shape index (κ3) is 10.3. The van der Waals surface area contributed by atoms with Gasteiger partial charge in [-0.1, -0.05) is 89.8 Å². The quantitative estimate of drug-likeness (QED) is 0.169. The summed E-state index contributed by atoms with van der Waals surface area (Å²) in [5.41, 5.74) is 6.42. The average Bonchev–Trinajstić information content (AvgIpc) is 2.88. The largest absolute Gasteiger partial charge is 0.195 e. The molecule has 1 nitrogen and oxygen atoms in total. The topological polar surface area (TPSA) is 12.4 Å². The smallest absolute Gasteiger partial charge is 0.0739 e. The standard InChI is InChI=1S/C22H16NPS.3C2H6/c24-15-19-5-3-17(4-6-19)1-2-18-7-9-20(10-8-18)21-11-13-22(14-12-21)23-16-25;3*1-2/h3-14H,15,24H2;3*1-2H3. The van der Waals surface area contributed by atoms with Gasteiger partial charge in [0.05, 0.1) is 10.8 Å². The van der Waals surface area contributed by atoms with Gasteiger partial charge in [-0.3, -0.25) is 0 Å². The van der Waals surface area contributed by atoms with Crippen molar-refractivity contribution in [3.05, 3.63) is 89.5 Å². The lowest BCUT2D eigenvalue weighted by molar-refractivity contribution is 1.41. The number of isothiocyanates is 1. The van der Waals surface area contributed by atoms with E-state index >= 15 is 0 Å². The lowest BCUT2D eigenvalue weighted by Gasteiger charge is -2.02. The fourth-order valence-corrected chi connectivity index (χ4v) is 2.77. The van der Waals surface area contributed by atoms with Gasteiger partial charge in [0, 0.05) is 11.1 Å². The minimum Gasteiger partial charge on any atom is -0.195 e. The van der Waals surface area contributed by atoms with E-state index in [4.69, 9.17) is 0 Å². The predicted molar refractivity (Wildman–Crippen MR) is 146 cm³/mol.